The fraction of sp³-hybridized carbons (Fsp3) is 0.667. The minimum atomic E-state index is 0.239. The zero-order valence-corrected chi connectivity index (χ0v) is 11.7. The number of rotatable bonds is 7. The van der Waals surface area contributed by atoms with E-state index in [1.54, 1.807) is 0 Å². The van der Waals surface area contributed by atoms with Crippen molar-refractivity contribution < 1.29 is 0 Å². The van der Waals surface area contributed by atoms with E-state index in [-0.39, 0.29) is 5.41 Å². The first-order valence-electron chi connectivity index (χ1n) is 6.76. The number of nitrogens with zero attached hydrogens (tertiary/aromatic N) is 1. The Hall–Kier alpha value is -0.890. The van der Waals surface area contributed by atoms with Crippen LogP contribution in [0.5, 0.6) is 0 Å². The molecule has 0 amide bonds. The second kappa shape index (κ2) is 6.75. The van der Waals surface area contributed by atoms with Crippen molar-refractivity contribution in [2.24, 2.45) is 5.92 Å². The van der Waals surface area contributed by atoms with E-state index in [1.807, 2.05) is 18.5 Å². The molecule has 96 valence electrons. The summed E-state index contributed by atoms with van der Waals surface area (Å²) in [6, 6.07) is 4.24. The van der Waals surface area contributed by atoms with Gasteiger partial charge >= 0.3 is 0 Å². The van der Waals surface area contributed by atoms with Crippen molar-refractivity contribution in [2.45, 2.75) is 46.0 Å². The summed E-state index contributed by atoms with van der Waals surface area (Å²) in [4.78, 5) is 4.26. The quantitative estimate of drug-likeness (QED) is 0.782. The van der Waals surface area contributed by atoms with Crippen LogP contribution < -0.4 is 5.32 Å². The minimum absolute atomic E-state index is 0.239. The molecule has 0 fully saturated rings. The lowest BCUT2D eigenvalue weighted by Gasteiger charge is -2.32. The molecule has 0 aliphatic heterocycles. The highest BCUT2D eigenvalue weighted by Crippen LogP contribution is 2.30. The average Bonchev–Trinajstić information content (AvgIpc) is 2.36. The molecule has 1 heterocycles. The molecule has 0 bridgehead atoms. The van der Waals surface area contributed by atoms with Crippen molar-refractivity contribution in [1.82, 2.24) is 10.3 Å². The van der Waals surface area contributed by atoms with Gasteiger partial charge in [0, 0.05) is 24.4 Å². The van der Waals surface area contributed by atoms with E-state index in [0.717, 1.165) is 25.9 Å². The maximum Gasteiger partial charge on any atom is 0.0306 e. The van der Waals surface area contributed by atoms with Gasteiger partial charge in [-0.25, -0.2) is 0 Å². The van der Waals surface area contributed by atoms with Gasteiger partial charge < -0.3 is 5.32 Å². The van der Waals surface area contributed by atoms with Gasteiger partial charge in [0.05, 0.1) is 0 Å². The Kier molecular flexibility index (Phi) is 5.63. The summed E-state index contributed by atoms with van der Waals surface area (Å²) < 4.78 is 0. The highest BCUT2D eigenvalue weighted by Gasteiger charge is 2.28. The highest BCUT2D eigenvalue weighted by atomic mass is 14.9. The van der Waals surface area contributed by atoms with E-state index in [9.17, 15) is 0 Å². The van der Waals surface area contributed by atoms with Gasteiger partial charge in [0.2, 0.25) is 0 Å². The molecular weight excluding hydrogens is 208 g/mol. The Bertz CT molecular complexity index is 302. The molecule has 2 nitrogen and oxygen atoms in total. The summed E-state index contributed by atoms with van der Waals surface area (Å²) in [6.07, 6.45) is 6.17. The van der Waals surface area contributed by atoms with Gasteiger partial charge in [0.15, 0.2) is 0 Å². The molecular formula is C15H26N2. The monoisotopic (exact) mass is 234 g/mol. The number of nitrogens with one attached hydrogen (secondary N) is 1. The molecule has 1 rings (SSSR count). The van der Waals surface area contributed by atoms with Crippen molar-refractivity contribution in [2.75, 3.05) is 13.1 Å². The second-order valence-corrected chi connectivity index (χ2v) is 5.25. The molecule has 0 radical (unpaired) electrons. The van der Waals surface area contributed by atoms with Crippen LogP contribution in [0.15, 0.2) is 24.5 Å². The zero-order chi connectivity index (χ0) is 12.7. The van der Waals surface area contributed by atoms with Crippen molar-refractivity contribution >= 4 is 0 Å². The Morgan fingerprint density at radius 2 is 2.00 bits per heavy atom. The lowest BCUT2D eigenvalue weighted by Crippen LogP contribution is -2.38. The van der Waals surface area contributed by atoms with Crippen molar-refractivity contribution in [3.05, 3.63) is 30.1 Å². The third-order valence-corrected chi connectivity index (χ3v) is 3.64. The van der Waals surface area contributed by atoms with Crippen LogP contribution in [0.4, 0.5) is 0 Å². The van der Waals surface area contributed by atoms with Gasteiger partial charge in [-0.1, -0.05) is 33.8 Å². The molecule has 0 aliphatic carbocycles. The maximum absolute atomic E-state index is 4.26. The first-order valence-corrected chi connectivity index (χ1v) is 6.76. The summed E-state index contributed by atoms with van der Waals surface area (Å²) in [7, 11) is 0. The van der Waals surface area contributed by atoms with E-state index < -0.39 is 0 Å². The molecule has 2 heteroatoms. The minimum Gasteiger partial charge on any atom is -0.316 e. The third kappa shape index (κ3) is 3.81. The molecule has 0 unspecified atom stereocenters. The summed E-state index contributed by atoms with van der Waals surface area (Å²) in [5.41, 5.74) is 1.60. The SMILES string of the molecule is CCC(CC)(CNCC(C)C)c1cccnc1. The predicted molar refractivity (Wildman–Crippen MR) is 74.2 cm³/mol. The zero-order valence-electron chi connectivity index (χ0n) is 11.7. The number of hydrogen-bond acceptors (Lipinski definition) is 2. The van der Waals surface area contributed by atoms with Crippen LogP contribution in [-0.4, -0.2) is 18.1 Å². The Labute approximate surface area is 106 Å². The first-order chi connectivity index (χ1) is 8.14. The molecule has 17 heavy (non-hydrogen) atoms. The van der Waals surface area contributed by atoms with Gasteiger partial charge in [0.1, 0.15) is 0 Å². The third-order valence-electron chi connectivity index (χ3n) is 3.64. The number of pyridine rings is 1. The van der Waals surface area contributed by atoms with Gasteiger partial charge in [-0.3, -0.25) is 4.98 Å². The van der Waals surface area contributed by atoms with Crippen LogP contribution in [0.2, 0.25) is 0 Å². The van der Waals surface area contributed by atoms with Crippen LogP contribution in [-0.2, 0) is 5.41 Å². The topological polar surface area (TPSA) is 24.9 Å². The van der Waals surface area contributed by atoms with E-state index in [0.29, 0.717) is 5.92 Å². The van der Waals surface area contributed by atoms with Crippen molar-refractivity contribution in [3.63, 3.8) is 0 Å². The maximum atomic E-state index is 4.26. The first kappa shape index (κ1) is 14.2. The van der Waals surface area contributed by atoms with Crippen LogP contribution in [0.25, 0.3) is 0 Å². The summed E-state index contributed by atoms with van der Waals surface area (Å²) in [5, 5.41) is 3.60. The summed E-state index contributed by atoms with van der Waals surface area (Å²) in [6.45, 7) is 11.2. The van der Waals surface area contributed by atoms with E-state index in [1.165, 1.54) is 5.56 Å². The summed E-state index contributed by atoms with van der Waals surface area (Å²) >= 11 is 0. The summed E-state index contributed by atoms with van der Waals surface area (Å²) in [5.74, 6) is 0.704. The van der Waals surface area contributed by atoms with Gasteiger partial charge in [-0.15, -0.1) is 0 Å². The molecule has 0 saturated carbocycles. The predicted octanol–water partition coefficient (Wildman–Crippen LogP) is 3.39. The number of hydrogen-bond donors (Lipinski definition) is 1. The van der Waals surface area contributed by atoms with Crippen LogP contribution in [0.1, 0.15) is 46.1 Å². The Balaban J connectivity index is 2.75. The van der Waals surface area contributed by atoms with Crippen molar-refractivity contribution in [1.29, 1.82) is 0 Å². The van der Waals surface area contributed by atoms with Crippen LogP contribution in [0.3, 0.4) is 0 Å². The van der Waals surface area contributed by atoms with Crippen LogP contribution >= 0.6 is 0 Å². The lowest BCUT2D eigenvalue weighted by atomic mass is 9.76. The van der Waals surface area contributed by atoms with Crippen LogP contribution in [0, 0.1) is 5.92 Å². The highest BCUT2D eigenvalue weighted by molar-refractivity contribution is 5.22. The molecule has 0 saturated heterocycles. The fourth-order valence-corrected chi connectivity index (χ4v) is 2.29. The largest absolute Gasteiger partial charge is 0.316 e. The van der Waals surface area contributed by atoms with E-state index in [4.69, 9.17) is 0 Å². The normalized spacial score (nSPS) is 12.1. The average molecular weight is 234 g/mol. The molecule has 1 N–H and O–H groups in total. The molecule has 0 aromatic carbocycles. The Morgan fingerprint density at radius 3 is 2.47 bits per heavy atom. The van der Waals surface area contributed by atoms with Gasteiger partial charge in [-0.05, 0) is 36.9 Å². The van der Waals surface area contributed by atoms with E-state index in [2.05, 4.69) is 44.1 Å². The molecule has 1 aromatic rings. The van der Waals surface area contributed by atoms with Gasteiger partial charge in [-0.2, -0.15) is 0 Å². The molecule has 0 aliphatic rings. The second-order valence-electron chi connectivity index (χ2n) is 5.25. The smallest absolute Gasteiger partial charge is 0.0306 e. The molecule has 0 atom stereocenters. The Morgan fingerprint density at radius 1 is 1.29 bits per heavy atom. The molecule has 0 spiro atoms. The molecule has 1 aromatic heterocycles. The fourth-order valence-electron chi connectivity index (χ4n) is 2.29. The van der Waals surface area contributed by atoms with E-state index >= 15 is 0 Å². The van der Waals surface area contributed by atoms with Gasteiger partial charge in [0.25, 0.3) is 0 Å². The number of aromatic nitrogens is 1. The van der Waals surface area contributed by atoms with Crippen molar-refractivity contribution in [3.8, 4) is 0 Å². The lowest BCUT2D eigenvalue weighted by molar-refractivity contribution is 0.358. The standard InChI is InChI=1S/C15H26N2/c1-5-15(6-2,12-17-10-13(3)4)14-8-7-9-16-11-14/h7-9,11,13,17H,5-6,10,12H2,1-4H3.